The van der Waals surface area contributed by atoms with Gasteiger partial charge in [-0.05, 0) is 49.8 Å². The van der Waals surface area contributed by atoms with Gasteiger partial charge in [0.15, 0.2) is 6.10 Å². The van der Waals surface area contributed by atoms with Crippen LogP contribution in [0.1, 0.15) is 18.1 Å². The highest BCUT2D eigenvalue weighted by Gasteiger charge is 2.17. The summed E-state index contributed by atoms with van der Waals surface area (Å²) >= 11 is 0. The first kappa shape index (κ1) is 20.3. The molecule has 0 saturated carbocycles. The van der Waals surface area contributed by atoms with Crippen LogP contribution in [0, 0.1) is 6.92 Å². The van der Waals surface area contributed by atoms with Crippen molar-refractivity contribution < 1.29 is 22.7 Å². The minimum absolute atomic E-state index is 0.0683. The molecule has 2 rings (SSSR count). The van der Waals surface area contributed by atoms with Gasteiger partial charge in [0.25, 0.3) is 5.91 Å². The van der Waals surface area contributed by atoms with Crippen molar-refractivity contribution in [3.8, 4) is 0 Å². The van der Waals surface area contributed by atoms with E-state index in [0.717, 1.165) is 11.1 Å². The molecule has 27 heavy (non-hydrogen) atoms. The number of carbonyl (C=O) groups excluding carboxylic acids is 2. The van der Waals surface area contributed by atoms with Gasteiger partial charge in [-0.1, -0.05) is 29.8 Å². The van der Waals surface area contributed by atoms with Gasteiger partial charge in [-0.15, -0.1) is 0 Å². The molecule has 0 unspecified atom stereocenters. The molecule has 0 aliphatic heterocycles. The third-order valence-electron chi connectivity index (χ3n) is 3.60. The van der Waals surface area contributed by atoms with Crippen LogP contribution >= 0.6 is 0 Å². The van der Waals surface area contributed by atoms with Gasteiger partial charge in [-0.2, -0.15) is 0 Å². The Balaban J connectivity index is 1.91. The number of hydrogen-bond acceptors (Lipinski definition) is 5. The number of primary sulfonamides is 1. The lowest BCUT2D eigenvalue weighted by molar-refractivity contribution is -0.148. The van der Waals surface area contributed by atoms with Gasteiger partial charge in [0.2, 0.25) is 10.0 Å². The summed E-state index contributed by atoms with van der Waals surface area (Å²) in [6, 6.07) is 12.9. The van der Waals surface area contributed by atoms with E-state index in [1.807, 2.05) is 31.2 Å². The van der Waals surface area contributed by atoms with E-state index in [4.69, 9.17) is 9.88 Å². The number of hydrogen-bond donors (Lipinski definition) is 2. The first-order chi connectivity index (χ1) is 12.6. The number of sulfonamides is 1. The SMILES string of the molecule is Cc1ccc(/C=C/C(=O)O[C@H](C)C(=O)Nc2ccc(S(N)(=O)=O)cc2)cc1. The smallest absolute Gasteiger partial charge is 0.331 e. The van der Waals surface area contributed by atoms with E-state index >= 15 is 0 Å². The van der Waals surface area contributed by atoms with Crippen molar-refractivity contribution >= 4 is 33.7 Å². The molecule has 8 heteroatoms. The molecule has 0 aliphatic rings. The minimum atomic E-state index is -3.80. The molecule has 2 aromatic carbocycles. The van der Waals surface area contributed by atoms with Crippen molar-refractivity contribution in [3.05, 3.63) is 65.7 Å². The standard InChI is InChI=1S/C19H20N2O5S/c1-13-3-5-15(6-4-13)7-12-18(22)26-14(2)19(23)21-16-8-10-17(11-9-16)27(20,24)25/h3-12,14H,1-2H3,(H,21,23)(H2,20,24,25)/b12-7+/t14-/m1/s1. The Morgan fingerprint density at radius 1 is 1.07 bits per heavy atom. The maximum absolute atomic E-state index is 12.1. The molecule has 0 saturated heterocycles. The van der Waals surface area contributed by atoms with E-state index in [2.05, 4.69) is 5.32 Å². The van der Waals surface area contributed by atoms with Gasteiger partial charge in [0.05, 0.1) is 4.90 Å². The van der Waals surface area contributed by atoms with E-state index in [1.165, 1.54) is 37.3 Å². The molecule has 0 bridgehead atoms. The van der Waals surface area contributed by atoms with Gasteiger partial charge < -0.3 is 10.1 Å². The number of anilines is 1. The fourth-order valence-corrected chi connectivity index (χ4v) is 2.60. The van der Waals surface area contributed by atoms with Crippen molar-refractivity contribution in [1.29, 1.82) is 0 Å². The molecule has 0 heterocycles. The quantitative estimate of drug-likeness (QED) is 0.581. The Morgan fingerprint density at radius 3 is 2.22 bits per heavy atom. The van der Waals surface area contributed by atoms with Crippen LogP contribution in [0.2, 0.25) is 0 Å². The first-order valence-electron chi connectivity index (χ1n) is 8.04. The summed E-state index contributed by atoms with van der Waals surface area (Å²) in [5.74, 6) is -1.20. The summed E-state index contributed by atoms with van der Waals surface area (Å²) in [5.41, 5.74) is 2.30. The van der Waals surface area contributed by atoms with Crippen molar-refractivity contribution in [2.45, 2.75) is 24.8 Å². The predicted octanol–water partition coefficient (Wildman–Crippen LogP) is 2.23. The van der Waals surface area contributed by atoms with Gasteiger partial charge in [0, 0.05) is 11.8 Å². The normalized spacial score (nSPS) is 12.6. The Labute approximate surface area is 157 Å². The summed E-state index contributed by atoms with van der Waals surface area (Å²) < 4.78 is 27.5. The van der Waals surface area contributed by atoms with Crippen LogP contribution < -0.4 is 10.5 Å². The molecule has 0 radical (unpaired) electrons. The second-order valence-corrected chi connectivity index (χ2v) is 7.44. The molecule has 7 nitrogen and oxygen atoms in total. The number of nitrogens with one attached hydrogen (secondary N) is 1. The zero-order valence-corrected chi connectivity index (χ0v) is 15.7. The molecule has 0 spiro atoms. The minimum Gasteiger partial charge on any atom is -0.449 e. The number of benzene rings is 2. The summed E-state index contributed by atoms with van der Waals surface area (Å²) in [6.45, 7) is 3.40. The number of esters is 1. The number of aryl methyl sites for hydroxylation is 1. The fourth-order valence-electron chi connectivity index (χ4n) is 2.08. The van der Waals surface area contributed by atoms with E-state index in [9.17, 15) is 18.0 Å². The summed E-state index contributed by atoms with van der Waals surface area (Å²) in [7, 11) is -3.80. The molecule has 0 fully saturated rings. The highest BCUT2D eigenvalue weighted by molar-refractivity contribution is 7.89. The van der Waals surface area contributed by atoms with E-state index < -0.39 is 28.0 Å². The van der Waals surface area contributed by atoms with Crippen molar-refractivity contribution in [2.75, 3.05) is 5.32 Å². The zero-order chi connectivity index (χ0) is 20.0. The Hall–Kier alpha value is -2.97. The van der Waals surface area contributed by atoms with Gasteiger partial charge in [-0.25, -0.2) is 18.4 Å². The lowest BCUT2D eigenvalue weighted by Crippen LogP contribution is -2.29. The third-order valence-corrected chi connectivity index (χ3v) is 4.53. The highest BCUT2D eigenvalue weighted by atomic mass is 32.2. The Morgan fingerprint density at radius 2 is 1.67 bits per heavy atom. The van der Waals surface area contributed by atoms with Crippen LogP contribution in [0.15, 0.2) is 59.5 Å². The molecule has 0 aliphatic carbocycles. The molecular weight excluding hydrogens is 368 g/mol. The average Bonchev–Trinajstić information content (AvgIpc) is 2.61. The summed E-state index contributed by atoms with van der Waals surface area (Å²) in [6.07, 6.45) is 1.81. The van der Waals surface area contributed by atoms with Crippen LogP contribution in [-0.2, 0) is 24.3 Å². The number of carbonyl (C=O) groups is 2. The van der Waals surface area contributed by atoms with Crippen LogP contribution in [0.25, 0.3) is 6.08 Å². The van der Waals surface area contributed by atoms with Crippen LogP contribution in [-0.4, -0.2) is 26.4 Å². The van der Waals surface area contributed by atoms with Gasteiger partial charge >= 0.3 is 5.97 Å². The Bertz CT molecular complexity index is 949. The number of amides is 1. The molecular formula is C19H20N2O5S. The lowest BCUT2D eigenvalue weighted by Gasteiger charge is -2.12. The molecule has 0 aromatic heterocycles. The topological polar surface area (TPSA) is 116 Å². The van der Waals surface area contributed by atoms with Crippen LogP contribution in [0.3, 0.4) is 0 Å². The van der Waals surface area contributed by atoms with E-state index in [0.29, 0.717) is 5.69 Å². The van der Waals surface area contributed by atoms with E-state index in [1.54, 1.807) is 6.08 Å². The largest absolute Gasteiger partial charge is 0.449 e. The monoisotopic (exact) mass is 388 g/mol. The number of rotatable bonds is 6. The fraction of sp³-hybridized carbons (Fsp3) is 0.158. The maximum atomic E-state index is 12.1. The third kappa shape index (κ3) is 6.36. The van der Waals surface area contributed by atoms with Gasteiger partial charge in [-0.3, -0.25) is 4.79 Å². The molecule has 2 aromatic rings. The zero-order valence-electron chi connectivity index (χ0n) is 14.9. The molecule has 142 valence electrons. The van der Waals surface area contributed by atoms with Crippen molar-refractivity contribution in [2.24, 2.45) is 5.14 Å². The van der Waals surface area contributed by atoms with Crippen molar-refractivity contribution in [3.63, 3.8) is 0 Å². The van der Waals surface area contributed by atoms with Gasteiger partial charge in [0.1, 0.15) is 0 Å². The van der Waals surface area contributed by atoms with E-state index in [-0.39, 0.29) is 4.90 Å². The van der Waals surface area contributed by atoms with Crippen LogP contribution in [0.4, 0.5) is 5.69 Å². The van der Waals surface area contributed by atoms with Crippen molar-refractivity contribution in [1.82, 2.24) is 0 Å². The first-order valence-corrected chi connectivity index (χ1v) is 9.59. The van der Waals surface area contributed by atoms with Crippen LogP contribution in [0.5, 0.6) is 0 Å². The molecule has 3 N–H and O–H groups in total. The average molecular weight is 388 g/mol. The Kier molecular flexibility index (Phi) is 6.49. The maximum Gasteiger partial charge on any atom is 0.331 e. The second kappa shape index (κ2) is 8.61. The summed E-state index contributed by atoms with van der Waals surface area (Å²) in [4.78, 5) is 23.9. The molecule has 1 amide bonds. The number of ether oxygens (including phenoxy) is 1. The number of nitrogens with two attached hydrogens (primary N) is 1. The molecule has 1 atom stereocenters. The summed E-state index contributed by atoms with van der Waals surface area (Å²) in [5, 5.41) is 7.54. The predicted molar refractivity (Wildman–Crippen MR) is 102 cm³/mol. The second-order valence-electron chi connectivity index (χ2n) is 5.88. The highest BCUT2D eigenvalue weighted by Crippen LogP contribution is 2.13. The lowest BCUT2D eigenvalue weighted by atomic mass is 10.1.